The van der Waals surface area contributed by atoms with Crippen LogP contribution in [0, 0.1) is 84.6 Å². The second-order valence-corrected chi connectivity index (χ2v) is 5.04. The lowest BCUT2D eigenvalue weighted by molar-refractivity contribution is 0.626. The van der Waals surface area contributed by atoms with E-state index in [0.29, 0.717) is 5.56 Å². The van der Waals surface area contributed by atoms with Crippen LogP contribution in [0.15, 0.2) is 24.3 Å². The maximum Gasteiger partial charge on any atom is 0.177 e. The van der Waals surface area contributed by atoms with Crippen molar-refractivity contribution in [3.05, 3.63) is 35.6 Å². The normalized spacial score (nSPS) is 23.4. The van der Waals surface area contributed by atoms with Crippen molar-refractivity contribution in [2.75, 3.05) is 0 Å². The Balaban J connectivity index is 2.66. The zero-order valence-corrected chi connectivity index (χ0v) is 11.6. The predicted molar refractivity (Wildman–Crippen MR) is 73.3 cm³/mol. The summed E-state index contributed by atoms with van der Waals surface area (Å²) in [5, 5.41) is 54.4. The highest BCUT2D eigenvalue weighted by molar-refractivity contribution is 6.02. The summed E-state index contributed by atoms with van der Waals surface area (Å²) in [6.07, 6.45) is 0. The molecule has 0 saturated heterocycles. The highest BCUT2D eigenvalue weighted by Gasteiger charge is 2.83. The Labute approximate surface area is 131 Å². The van der Waals surface area contributed by atoms with E-state index in [4.69, 9.17) is 15.9 Å². The van der Waals surface area contributed by atoms with Gasteiger partial charge in [0.25, 0.3) is 0 Å². The Bertz CT molecular complexity index is 855. The molecule has 2 rings (SSSR count). The summed E-state index contributed by atoms with van der Waals surface area (Å²) in [6, 6.07) is 13.3. The van der Waals surface area contributed by atoms with Gasteiger partial charge in [-0.2, -0.15) is 26.3 Å². The second-order valence-electron chi connectivity index (χ2n) is 5.04. The molecule has 0 bridgehead atoms. The molecule has 1 aliphatic rings. The highest BCUT2D eigenvalue weighted by Crippen LogP contribution is 2.74. The van der Waals surface area contributed by atoms with Gasteiger partial charge < -0.3 is 5.41 Å². The maximum atomic E-state index is 13.1. The summed E-state index contributed by atoms with van der Waals surface area (Å²) in [5.74, 6) is -3.09. The van der Waals surface area contributed by atoms with Crippen molar-refractivity contribution >= 4 is 5.71 Å². The first kappa shape index (κ1) is 15.7. The second kappa shape index (κ2) is 5.23. The Morgan fingerprint density at radius 3 is 1.91 bits per heavy atom. The molecule has 1 aliphatic carbocycles. The lowest BCUT2D eigenvalue weighted by Crippen LogP contribution is -2.26. The summed E-state index contributed by atoms with van der Waals surface area (Å²) in [7, 11) is 0. The molecule has 1 saturated carbocycles. The fourth-order valence-electron chi connectivity index (χ4n) is 2.93. The molecular weight excluding hydrogens is 295 g/mol. The molecule has 0 aliphatic heterocycles. The van der Waals surface area contributed by atoms with Crippen molar-refractivity contribution in [3.8, 4) is 30.3 Å². The Hall–Kier alpha value is -3.73. The number of nitrogens with one attached hydrogen (secondary N) is 1. The number of nitrogens with zero attached hydrogens (tertiary/aromatic N) is 5. The number of benzene rings is 1. The Morgan fingerprint density at radius 1 is 1.00 bits per heavy atom. The predicted octanol–water partition coefficient (Wildman–Crippen LogP) is 2.15. The molecule has 1 aromatic rings. The van der Waals surface area contributed by atoms with Crippen molar-refractivity contribution < 1.29 is 4.39 Å². The number of hydrogen-bond donors (Lipinski definition) is 1. The number of rotatable bonds is 3. The molecule has 0 heterocycles. The SMILES string of the molecule is N#CC(C#N)C(=N)[C@@]1(C#N)[C@@H](c2ccc(F)cc2)C1(C#N)C#N. The third-order valence-corrected chi connectivity index (χ3v) is 4.11. The van der Waals surface area contributed by atoms with E-state index in [9.17, 15) is 20.2 Å². The smallest absolute Gasteiger partial charge is 0.177 e. The van der Waals surface area contributed by atoms with Gasteiger partial charge in [-0.1, -0.05) is 12.1 Å². The quantitative estimate of drug-likeness (QED) is 0.851. The van der Waals surface area contributed by atoms with Crippen LogP contribution in [0.2, 0.25) is 0 Å². The fraction of sp³-hybridized carbons (Fsp3) is 0.250. The lowest BCUT2D eigenvalue weighted by atomic mass is 9.84. The summed E-state index contributed by atoms with van der Waals surface area (Å²) >= 11 is 0. The van der Waals surface area contributed by atoms with Crippen LogP contribution in [0.5, 0.6) is 0 Å². The van der Waals surface area contributed by atoms with Crippen LogP contribution in [0.4, 0.5) is 4.39 Å². The van der Waals surface area contributed by atoms with E-state index in [0.717, 1.165) is 12.1 Å². The van der Waals surface area contributed by atoms with E-state index in [1.807, 2.05) is 0 Å². The minimum atomic E-state index is -1.90. The lowest BCUT2D eigenvalue weighted by Gasteiger charge is -2.11. The molecule has 1 N–H and O–H groups in total. The van der Waals surface area contributed by atoms with Crippen LogP contribution in [-0.4, -0.2) is 5.71 Å². The van der Waals surface area contributed by atoms with Crippen molar-refractivity contribution in [2.24, 2.45) is 16.7 Å². The monoisotopic (exact) mass is 302 g/mol. The molecule has 108 valence electrons. The summed E-state index contributed by atoms with van der Waals surface area (Å²) in [5.41, 5.74) is -4.04. The van der Waals surface area contributed by atoms with Crippen LogP contribution in [0.25, 0.3) is 0 Å². The molecule has 1 fully saturated rings. The van der Waals surface area contributed by atoms with Crippen molar-refractivity contribution in [3.63, 3.8) is 0 Å². The standard InChI is InChI=1S/C16H7FN6/c17-12-3-1-10(2-4-12)13-15(7-20,8-21)16(13,9-22)14(23)11(5-18)6-19/h1-4,11,13,23H/t13-,16+/m0/s1. The van der Waals surface area contributed by atoms with Gasteiger partial charge in [0, 0.05) is 5.92 Å². The zero-order chi connectivity index (χ0) is 17.3. The molecule has 0 amide bonds. The third kappa shape index (κ3) is 1.77. The van der Waals surface area contributed by atoms with Crippen molar-refractivity contribution in [1.82, 2.24) is 0 Å². The van der Waals surface area contributed by atoms with E-state index in [-0.39, 0.29) is 0 Å². The maximum absolute atomic E-state index is 13.1. The average molecular weight is 302 g/mol. The van der Waals surface area contributed by atoms with E-state index in [1.54, 1.807) is 30.3 Å². The molecule has 0 aromatic heterocycles. The largest absolute Gasteiger partial charge is 0.305 e. The summed E-state index contributed by atoms with van der Waals surface area (Å²) in [4.78, 5) is 0. The molecule has 2 atom stereocenters. The van der Waals surface area contributed by atoms with Crippen molar-refractivity contribution in [1.29, 1.82) is 31.7 Å². The number of halogens is 1. The highest BCUT2D eigenvalue weighted by atomic mass is 19.1. The van der Waals surface area contributed by atoms with Gasteiger partial charge in [0.2, 0.25) is 0 Å². The molecule has 0 radical (unpaired) electrons. The molecule has 1 aromatic carbocycles. The van der Waals surface area contributed by atoms with Gasteiger partial charge in [-0.05, 0) is 17.7 Å². The molecule has 6 nitrogen and oxygen atoms in total. The summed E-state index contributed by atoms with van der Waals surface area (Å²) < 4.78 is 13.1. The van der Waals surface area contributed by atoms with Gasteiger partial charge >= 0.3 is 0 Å². The topological polar surface area (TPSA) is 143 Å². The van der Waals surface area contributed by atoms with Crippen molar-refractivity contribution in [2.45, 2.75) is 5.92 Å². The summed E-state index contributed by atoms with van der Waals surface area (Å²) in [6.45, 7) is 0. The Morgan fingerprint density at radius 2 is 1.52 bits per heavy atom. The first-order valence-corrected chi connectivity index (χ1v) is 6.36. The van der Waals surface area contributed by atoms with Gasteiger partial charge in [0.15, 0.2) is 11.3 Å². The van der Waals surface area contributed by atoms with Crippen LogP contribution in [-0.2, 0) is 0 Å². The van der Waals surface area contributed by atoms with Gasteiger partial charge in [0.1, 0.15) is 11.2 Å². The third-order valence-electron chi connectivity index (χ3n) is 4.11. The van der Waals surface area contributed by atoms with Crippen LogP contribution in [0.1, 0.15) is 11.5 Å². The van der Waals surface area contributed by atoms with Gasteiger partial charge in [-0.15, -0.1) is 0 Å². The molecule has 7 heteroatoms. The first-order chi connectivity index (χ1) is 11.0. The zero-order valence-electron chi connectivity index (χ0n) is 11.6. The van der Waals surface area contributed by atoms with Crippen LogP contribution in [0.3, 0.4) is 0 Å². The molecule has 23 heavy (non-hydrogen) atoms. The molecule has 0 spiro atoms. The molecular formula is C16H7FN6. The number of nitriles is 5. The van der Waals surface area contributed by atoms with Crippen LogP contribution >= 0.6 is 0 Å². The van der Waals surface area contributed by atoms with E-state index >= 15 is 0 Å². The first-order valence-electron chi connectivity index (χ1n) is 6.36. The minimum Gasteiger partial charge on any atom is -0.305 e. The van der Waals surface area contributed by atoms with E-state index in [1.165, 1.54) is 12.1 Å². The van der Waals surface area contributed by atoms with E-state index < -0.39 is 34.2 Å². The minimum absolute atomic E-state index is 0.329. The van der Waals surface area contributed by atoms with Gasteiger partial charge in [-0.3, -0.25) is 0 Å². The fourth-order valence-corrected chi connectivity index (χ4v) is 2.93. The molecule has 0 unspecified atom stereocenters. The van der Waals surface area contributed by atoms with Gasteiger partial charge in [0.05, 0.1) is 36.1 Å². The van der Waals surface area contributed by atoms with Gasteiger partial charge in [-0.25, -0.2) is 4.39 Å². The van der Waals surface area contributed by atoms with E-state index in [2.05, 4.69) is 0 Å². The van der Waals surface area contributed by atoms with Crippen LogP contribution < -0.4 is 0 Å². The number of hydrogen-bond acceptors (Lipinski definition) is 6. The average Bonchev–Trinajstić information content (AvgIpc) is 3.20. The Kier molecular flexibility index (Phi) is 3.56.